The third-order valence-corrected chi connectivity index (χ3v) is 5.55. The summed E-state index contributed by atoms with van der Waals surface area (Å²) in [4.78, 5) is 60.5. The molecule has 1 aliphatic rings. The number of carbonyl (C=O) groups excluding carboxylic acids is 2. The number of urea groups is 1. The van der Waals surface area contributed by atoms with E-state index >= 15 is 0 Å². The Morgan fingerprint density at radius 1 is 0.971 bits per heavy atom. The van der Waals surface area contributed by atoms with Crippen LogP contribution in [0.5, 0.6) is 0 Å². The first-order chi connectivity index (χ1) is 16.6. The number of anilines is 1. The quantitative estimate of drug-likeness (QED) is 0.374. The maximum atomic E-state index is 14.5. The summed E-state index contributed by atoms with van der Waals surface area (Å²) >= 11 is 0. The Kier molecular flexibility index (Phi) is 7.64. The molecule has 5 N–H and O–H groups in total. The maximum Gasteiger partial charge on any atom is 0.326 e. The summed E-state index contributed by atoms with van der Waals surface area (Å²) in [6.45, 7) is -0.693. The number of halogens is 1. The van der Waals surface area contributed by atoms with E-state index in [1.54, 1.807) is 6.07 Å². The van der Waals surface area contributed by atoms with Gasteiger partial charge in [0, 0.05) is 11.3 Å². The van der Waals surface area contributed by atoms with Crippen LogP contribution in [0.3, 0.4) is 0 Å². The second-order valence-electron chi connectivity index (χ2n) is 7.88. The van der Waals surface area contributed by atoms with E-state index in [0.717, 1.165) is 11.0 Å². The maximum absolute atomic E-state index is 14.5. The average molecular weight is 487 g/mol. The molecule has 1 fully saturated rings. The van der Waals surface area contributed by atoms with Crippen molar-refractivity contribution in [2.45, 2.75) is 24.9 Å². The van der Waals surface area contributed by atoms with Crippen LogP contribution in [-0.2, 0) is 25.6 Å². The SMILES string of the molecule is O=C(O)Cc1cccc(NC(=O)NCC(=O)N2[C@@H](C(=O)O)C[C@H](C(=O)O)[C@H]2c2ccccc2F)c1. The van der Waals surface area contributed by atoms with Crippen molar-refractivity contribution < 1.29 is 43.7 Å². The standard InChI is InChI=1S/C23H22FN3O8/c24-16-7-2-1-6-14(16)20-15(21(31)32)10-17(22(33)34)27(20)18(28)11-25-23(35)26-13-5-3-4-12(8-13)9-19(29)30/h1-8,15,17,20H,9-11H2,(H,29,30)(H,31,32)(H,33,34)(H2,25,26,35)/t15-,17+,20+/m0/s1. The Morgan fingerprint density at radius 2 is 1.69 bits per heavy atom. The molecule has 0 bridgehead atoms. The van der Waals surface area contributed by atoms with Crippen molar-refractivity contribution in [3.8, 4) is 0 Å². The van der Waals surface area contributed by atoms with Crippen LogP contribution in [-0.4, -0.2) is 62.7 Å². The van der Waals surface area contributed by atoms with Crippen molar-refractivity contribution >= 4 is 35.5 Å². The van der Waals surface area contributed by atoms with Gasteiger partial charge in [-0.05, 0) is 30.2 Å². The molecule has 0 aromatic heterocycles. The minimum absolute atomic E-state index is 0.142. The second-order valence-corrected chi connectivity index (χ2v) is 7.88. The van der Waals surface area contributed by atoms with E-state index in [1.165, 1.54) is 36.4 Å². The molecule has 0 spiro atoms. The lowest BCUT2D eigenvalue weighted by atomic mass is 9.93. The number of carboxylic acid groups (broad SMARTS) is 3. The molecule has 3 atom stereocenters. The van der Waals surface area contributed by atoms with Crippen molar-refractivity contribution in [1.29, 1.82) is 0 Å². The lowest BCUT2D eigenvalue weighted by Crippen LogP contribution is -2.47. The minimum Gasteiger partial charge on any atom is -0.481 e. The molecule has 184 valence electrons. The number of hydrogen-bond donors (Lipinski definition) is 5. The molecule has 1 saturated heterocycles. The Balaban J connectivity index is 1.77. The summed E-state index contributed by atoms with van der Waals surface area (Å²) < 4.78 is 14.5. The highest BCUT2D eigenvalue weighted by Gasteiger charge is 2.51. The van der Waals surface area contributed by atoms with Gasteiger partial charge in [-0.1, -0.05) is 30.3 Å². The molecule has 3 amide bonds. The first-order valence-electron chi connectivity index (χ1n) is 10.4. The highest BCUT2D eigenvalue weighted by molar-refractivity contribution is 5.94. The van der Waals surface area contributed by atoms with Crippen molar-refractivity contribution in [3.63, 3.8) is 0 Å². The molecule has 1 aliphatic heterocycles. The van der Waals surface area contributed by atoms with Gasteiger partial charge in [0.15, 0.2) is 0 Å². The van der Waals surface area contributed by atoms with Gasteiger partial charge < -0.3 is 30.9 Å². The lowest BCUT2D eigenvalue weighted by Gasteiger charge is -2.30. The highest BCUT2D eigenvalue weighted by Crippen LogP contribution is 2.42. The molecule has 0 radical (unpaired) electrons. The van der Waals surface area contributed by atoms with Gasteiger partial charge in [-0.15, -0.1) is 0 Å². The van der Waals surface area contributed by atoms with Gasteiger partial charge >= 0.3 is 23.9 Å². The number of carboxylic acids is 3. The fraction of sp³-hybridized carbons (Fsp3) is 0.261. The zero-order valence-electron chi connectivity index (χ0n) is 18.2. The Bertz CT molecular complexity index is 1170. The monoisotopic (exact) mass is 487 g/mol. The fourth-order valence-electron chi connectivity index (χ4n) is 4.09. The van der Waals surface area contributed by atoms with Crippen molar-refractivity contribution in [3.05, 3.63) is 65.5 Å². The summed E-state index contributed by atoms with van der Waals surface area (Å²) in [6, 6.07) is 7.44. The van der Waals surface area contributed by atoms with Crippen molar-refractivity contribution in [2.75, 3.05) is 11.9 Å². The molecule has 11 nitrogen and oxygen atoms in total. The van der Waals surface area contributed by atoms with Crippen LogP contribution < -0.4 is 10.6 Å². The van der Waals surface area contributed by atoms with Crippen LogP contribution in [0.15, 0.2) is 48.5 Å². The first kappa shape index (κ1) is 25.1. The van der Waals surface area contributed by atoms with Gasteiger partial charge in [-0.25, -0.2) is 14.0 Å². The van der Waals surface area contributed by atoms with E-state index in [0.29, 0.717) is 5.56 Å². The molecule has 3 rings (SSSR count). The molecule has 12 heteroatoms. The number of aliphatic carboxylic acids is 3. The Morgan fingerprint density at radius 3 is 2.31 bits per heavy atom. The van der Waals surface area contributed by atoms with Crippen molar-refractivity contribution in [1.82, 2.24) is 10.2 Å². The molecular weight excluding hydrogens is 465 g/mol. The van der Waals surface area contributed by atoms with Gasteiger partial charge in [0.1, 0.15) is 11.9 Å². The number of likely N-dealkylation sites (tertiary alicyclic amines) is 1. The van der Waals surface area contributed by atoms with E-state index < -0.39 is 66.6 Å². The predicted molar refractivity (Wildman–Crippen MR) is 118 cm³/mol. The van der Waals surface area contributed by atoms with E-state index in [9.17, 15) is 38.6 Å². The van der Waals surface area contributed by atoms with Crippen LogP contribution in [0, 0.1) is 11.7 Å². The number of hydrogen-bond acceptors (Lipinski definition) is 5. The largest absolute Gasteiger partial charge is 0.481 e. The van der Waals surface area contributed by atoms with Gasteiger partial charge in [0.25, 0.3) is 0 Å². The first-order valence-corrected chi connectivity index (χ1v) is 10.4. The zero-order valence-corrected chi connectivity index (χ0v) is 18.2. The molecule has 2 aromatic rings. The summed E-state index contributed by atoms with van der Waals surface area (Å²) in [5, 5.41) is 32.8. The molecule has 1 heterocycles. The Hall–Kier alpha value is -4.48. The van der Waals surface area contributed by atoms with Gasteiger partial charge in [-0.2, -0.15) is 0 Å². The number of nitrogens with zero attached hydrogens (tertiary/aromatic N) is 1. The van der Waals surface area contributed by atoms with Crippen LogP contribution >= 0.6 is 0 Å². The topological polar surface area (TPSA) is 173 Å². The van der Waals surface area contributed by atoms with Crippen molar-refractivity contribution in [2.24, 2.45) is 5.92 Å². The molecule has 35 heavy (non-hydrogen) atoms. The summed E-state index contributed by atoms with van der Waals surface area (Å²) in [5.74, 6) is -6.97. The predicted octanol–water partition coefficient (Wildman–Crippen LogP) is 1.70. The number of carbonyl (C=O) groups is 5. The number of rotatable bonds is 8. The van der Waals surface area contributed by atoms with Crippen LogP contribution in [0.1, 0.15) is 23.6 Å². The van der Waals surface area contributed by atoms with E-state index in [1.807, 2.05) is 0 Å². The third kappa shape index (κ3) is 5.91. The number of amides is 3. The molecule has 0 aliphatic carbocycles. The average Bonchev–Trinajstić information content (AvgIpc) is 3.19. The third-order valence-electron chi connectivity index (χ3n) is 5.55. The normalized spacial score (nSPS) is 19.1. The van der Waals surface area contributed by atoms with Gasteiger partial charge in [-0.3, -0.25) is 14.4 Å². The second kappa shape index (κ2) is 10.6. The smallest absolute Gasteiger partial charge is 0.326 e. The zero-order chi connectivity index (χ0) is 25.7. The van der Waals surface area contributed by atoms with Crippen LogP contribution in [0.4, 0.5) is 14.9 Å². The summed E-state index contributed by atoms with van der Waals surface area (Å²) in [6.07, 6.45) is -0.693. The fourth-order valence-corrected chi connectivity index (χ4v) is 4.09. The highest BCUT2D eigenvalue weighted by atomic mass is 19.1. The van der Waals surface area contributed by atoms with Crippen LogP contribution in [0.2, 0.25) is 0 Å². The number of nitrogens with one attached hydrogen (secondary N) is 2. The van der Waals surface area contributed by atoms with Crippen LogP contribution in [0.25, 0.3) is 0 Å². The summed E-state index contributed by atoms with van der Waals surface area (Å²) in [5.41, 5.74) is 0.547. The van der Waals surface area contributed by atoms with E-state index in [4.69, 9.17) is 5.11 Å². The Labute approximate surface area is 198 Å². The molecular formula is C23H22FN3O8. The van der Waals surface area contributed by atoms with E-state index in [-0.39, 0.29) is 17.7 Å². The van der Waals surface area contributed by atoms with E-state index in [2.05, 4.69) is 10.6 Å². The summed E-state index contributed by atoms with van der Waals surface area (Å²) in [7, 11) is 0. The van der Waals surface area contributed by atoms with Gasteiger partial charge in [0.2, 0.25) is 5.91 Å². The lowest BCUT2D eigenvalue weighted by molar-refractivity contribution is -0.149. The molecule has 0 saturated carbocycles. The molecule has 2 aromatic carbocycles. The van der Waals surface area contributed by atoms with Gasteiger partial charge in [0.05, 0.1) is 24.9 Å². The molecule has 0 unspecified atom stereocenters. The number of benzene rings is 2. The minimum atomic E-state index is -1.54.